The number of aromatic nitrogens is 1. The Morgan fingerprint density at radius 2 is 2.05 bits per heavy atom. The van der Waals surface area contributed by atoms with Gasteiger partial charge in [-0.05, 0) is 36.2 Å². The second-order valence-electron chi connectivity index (χ2n) is 4.42. The predicted molar refractivity (Wildman–Crippen MR) is 79.3 cm³/mol. The lowest BCUT2D eigenvalue weighted by Crippen LogP contribution is -2.15. The molecular weight excluding hydrogens is 276 g/mol. The van der Waals surface area contributed by atoms with E-state index in [-0.39, 0.29) is 12.3 Å². The van der Waals surface area contributed by atoms with Crippen LogP contribution in [-0.4, -0.2) is 18.0 Å². The molecule has 1 aromatic carbocycles. The summed E-state index contributed by atoms with van der Waals surface area (Å²) in [7, 11) is 1.61. The first-order chi connectivity index (χ1) is 9.58. The van der Waals surface area contributed by atoms with Crippen LogP contribution >= 0.6 is 11.6 Å². The van der Waals surface area contributed by atoms with E-state index in [0.29, 0.717) is 10.8 Å². The van der Waals surface area contributed by atoms with Crippen LogP contribution in [0.15, 0.2) is 36.5 Å². The number of nitrogens with one attached hydrogen (secondary N) is 1. The van der Waals surface area contributed by atoms with Crippen LogP contribution in [0.4, 0.5) is 5.69 Å². The second kappa shape index (κ2) is 6.39. The van der Waals surface area contributed by atoms with Crippen LogP contribution in [-0.2, 0) is 11.2 Å². The van der Waals surface area contributed by atoms with Gasteiger partial charge in [0.15, 0.2) is 5.15 Å². The Balaban J connectivity index is 2.03. The van der Waals surface area contributed by atoms with Crippen LogP contribution in [0, 0.1) is 6.92 Å². The van der Waals surface area contributed by atoms with Crippen molar-refractivity contribution < 1.29 is 9.53 Å². The largest absolute Gasteiger partial charge is 0.497 e. The predicted octanol–water partition coefficient (Wildman–Crippen LogP) is 3.23. The number of benzene rings is 1. The Kier molecular flexibility index (Phi) is 4.58. The molecule has 0 aliphatic rings. The summed E-state index contributed by atoms with van der Waals surface area (Å²) < 4.78 is 5.07. The molecule has 0 radical (unpaired) electrons. The van der Waals surface area contributed by atoms with Gasteiger partial charge in [0.05, 0.1) is 19.2 Å². The van der Waals surface area contributed by atoms with Crippen molar-refractivity contribution in [3.05, 3.63) is 52.8 Å². The lowest BCUT2D eigenvalue weighted by molar-refractivity contribution is -0.115. The van der Waals surface area contributed by atoms with Crippen molar-refractivity contribution in [3.63, 3.8) is 0 Å². The molecule has 0 bridgehead atoms. The molecule has 0 spiro atoms. The normalized spacial score (nSPS) is 10.2. The van der Waals surface area contributed by atoms with Crippen molar-refractivity contribution in [1.82, 2.24) is 4.98 Å². The van der Waals surface area contributed by atoms with Gasteiger partial charge in [-0.3, -0.25) is 4.79 Å². The molecule has 0 fully saturated rings. The summed E-state index contributed by atoms with van der Waals surface area (Å²) in [5.74, 6) is 0.629. The first-order valence-corrected chi connectivity index (χ1v) is 6.51. The number of carbonyl (C=O) groups is 1. The van der Waals surface area contributed by atoms with Crippen LogP contribution in [0.2, 0.25) is 5.15 Å². The van der Waals surface area contributed by atoms with E-state index in [0.717, 1.165) is 16.9 Å². The van der Waals surface area contributed by atoms with E-state index in [4.69, 9.17) is 16.3 Å². The number of nitrogens with zero attached hydrogens (tertiary/aromatic N) is 1. The zero-order valence-corrected chi connectivity index (χ0v) is 12.1. The van der Waals surface area contributed by atoms with E-state index in [2.05, 4.69) is 10.3 Å². The summed E-state index contributed by atoms with van der Waals surface area (Å²) in [4.78, 5) is 16.0. The number of hydrogen-bond donors (Lipinski definition) is 1. The maximum atomic E-state index is 12.0. The van der Waals surface area contributed by atoms with E-state index in [9.17, 15) is 4.79 Å². The van der Waals surface area contributed by atoms with Gasteiger partial charge in [-0.1, -0.05) is 23.7 Å². The Labute approximate surface area is 122 Å². The number of carbonyl (C=O) groups excluding carboxylic acids is 1. The van der Waals surface area contributed by atoms with Gasteiger partial charge in [-0.15, -0.1) is 0 Å². The molecule has 104 valence electrons. The summed E-state index contributed by atoms with van der Waals surface area (Å²) in [6.07, 6.45) is 1.93. The van der Waals surface area contributed by atoms with Crippen LogP contribution in [0.25, 0.3) is 0 Å². The highest BCUT2D eigenvalue weighted by atomic mass is 35.5. The Hall–Kier alpha value is -2.07. The van der Waals surface area contributed by atoms with Gasteiger partial charge in [0, 0.05) is 6.20 Å². The fourth-order valence-electron chi connectivity index (χ4n) is 1.76. The summed E-state index contributed by atoms with van der Waals surface area (Å²) in [6, 6.07) is 9.15. The number of ether oxygens (including phenoxy) is 1. The molecule has 5 heteroatoms. The van der Waals surface area contributed by atoms with Crippen LogP contribution in [0.3, 0.4) is 0 Å². The molecule has 0 saturated heterocycles. The summed E-state index contributed by atoms with van der Waals surface area (Å²) in [5.41, 5.74) is 2.37. The number of amides is 1. The van der Waals surface area contributed by atoms with E-state index < -0.39 is 0 Å². The molecule has 1 N–H and O–H groups in total. The molecule has 0 atom stereocenters. The molecule has 4 nitrogen and oxygen atoms in total. The first kappa shape index (κ1) is 14.3. The van der Waals surface area contributed by atoms with Gasteiger partial charge in [0.2, 0.25) is 5.91 Å². The molecule has 0 aliphatic heterocycles. The van der Waals surface area contributed by atoms with E-state index >= 15 is 0 Å². The Bertz CT molecular complexity index is 612. The molecule has 1 heterocycles. The fourth-order valence-corrected chi connectivity index (χ4v) is 1.91. The molecule has 2 rings (SSSR count). The highest BCUT2D eigenvalue weighted by Gasteiger charge is 2.08. The third kappa shape index (κ3) is 3.71. The standard InChI is InChI=1S/C15H15ClN2O2/c1-10-7-13(15(16)17-9-10)18-14(19)8-11-3-5-12(20-2)6-4-11/h3-7,9H,8H2,1-2H3,(H,18,19). The minimum atomic E-state index is -0.135. The highest BCUT2D eigenvalue weighted by molar-refractivity contribution is 6.32. The van der Waals surface area contributed by atoms with Gasteiger partial charge < -0.3 is 10.1 Å². The fraction of sp³-hybridized carbons (Fsp3) is 0.200. The maximum Gasteiger partial charge on any atom is 0.228 e. The molecule has 1 aromatic heterocycles. The van der Waals surface area contributed by atoms with Crippen molar-refractivity contribution in [1.29, 1.82) is 0 Å². The number of anilines is 1. The van der Waals surface area contributed by atoms with Crippen LogP contribution in [0.5, 0.6) is 5.75 Å². The van der Waals surface area contributed by atoms with E-state index in [1.165, 1.54) is 0 Å². The topological polar surface area (TPSA) is 51.2 Å². The van der Waals surface area contributed by atoms with Gasteiger partial charge in [-0.2, -0.15) is 0 Å². The summed E-state index contributed by atoms with van der Waals surface area (Å²) in [5, 5.41) is 3.05. The quantitative estimate of drug-likeness (QED) is 0.880. The van der Waals surface area contributed by atoms with E-state index in [1.807, 2.05) is 31.2 Å². The summed E-state index contributed by atoms with van der Waals surface area (Å²) >= 11 is 5.94. The molecule has 20 heavy (non-hydrogen) atoms. The molecule has 1 amide bonds. The zero-order valence-electron chi connectivity index (χ0n) is 11.3. The number of pyridine rings is 1. The number of rotatable bonds is 4. The van der Waals surface area contributed by atoms with Crippen molar-refractivity contribution in [2.75, 3.05) is 12.4 Å². The van der Waals surface area contributed by atoms with Gasteiger partial charge in [-0.25, -0.2) is 4.98 Å². The molecule has 0 aliphatic carbocycles. The first-order valence-electron chi connectivity index (χ1n) is 6.13. The smallest absolute Gasteiger partial charge is 0.228 e. The van der Waals surface area contributed by atoms with Gasteiger partial charge in [0.25, 0.3) is 0 Å². The lowest BCUT2D eigenvalue weighted by Gasteiger charge is -2.08. The number of methoxy groups -OCH3 is 1. The Morgan fingerprint density at radius 3 is 2.70 bits per heavy atom. The van der Waals surface area contributed by atoms with Crippen molar-refractivity contribution in [3.8, 4) is 5.75 Å². The maximum absolute atomic E-state index is 12.0. The van der Waals surface area contributed by atoms with Gasteiger partial charge in [0.1, 0.15) is 5.75 Å². The molecule has 0 unspecified atom stereocenters. The van der Waals surface area contributed by atoms with Crippen LogP contribution in [0.1, 0.15) is 11.1 Å². The minimum absolute atomic E-state index is 0.135. The SMILES string of the molecule is COc1ccc(CC(=O)Nc2cc(C)cnc2Cl)cc1. The second-order valence-corrected chi connectivity index (χ2v) is 4.78. The Morgan fingerprint density at radius 1 is 1.35 bits per heavy atom. The van der Waals surface area contributed by atoms with Gasteiger partial charge >= 0.3 is 0 Å². The van der Waals surface area contributed by atoms with E-state index in [1.54, 1.807) is 19.4 Å². The molecule has 2 aromatic rings. The van der Waals surface area contributed by atoms with Crippen molar-refractivity contribution in [2.45, 2.75) is 13.3 Å². The third-order valence-corrected chi connectivity index (χ3v) is 3.07. The zero-order chi connectivity index (χ0) is 14.5. The third-order valence-electron chi connectivity index (χ3n) is 2.77. The number of hydrogen-bond acceptors (Lipinski definition) is 3. The number of aryl methyl sites for hydroxylation is 1. The van der Waals surface area contributed by atoms with Crippen molar-refractivity contribution in [2.24, 2.45) is 0 Å². The average molecular weight is 291 g/mol. The van der Waals surface area contributed by atoms with Crippen molar-refractivity contribution >= 4 is 23.2 Å². The average Bonchev–Trinajstić information content (AvgIpc) is 2.43. The molecular formula is C15H15ClN2O2. The summed E-state index contributed by atoms with van der Waals surface area (Å²) in [6.45, 7) is 1.89. The monoisotopic (exact) mass is 290 g/mol. The van der Waals surface area contributed by atoms with Crippen LogP contribution < -0.4 is 10.1 Å². The molecule has 0 saturated carbocycles. The minimum Gasteiger partial charge on any atom is -0.497 e. The number of halogens is 1. The highest BCUT2D eigenvalue weighted by Crippen LogP contribution is 2.20. The lowest BCUT2D eigenvalue weighted by atomic mass is 10.1.